The number of aromatic nitrogens is 2. The summed E-state index contributed by atoms with van der Waals surface area (Å²) in [5.41, 5.74) is 0. The van der Waals surface area contributed by atoms with Crippen LogP contribution < -0.4 is 5.32 Å². The lowest BCUT2D eigenvalue weighted by molar-refractivity contribution is -0.0762. The van der Waals surface area contributed by atoms with Crippen LogP contribution in [0.25, 0.3) is 0 Å². The Morgan fingerprint density at radius 3 is 2.80 bits per heavy atom. The molecule has 20 heavy (non-hydrogen) atoms. The van der Waals surface area contributed by atoms with E-state index in [0.29, 0.717) is 13.1 Å². The maximum absolute atomic E-state index is 10.1. The number of β-amino-alcohol motifs (C(OH)–C–C–N with tert-alkyl or cyclic N) is 1. The molecule has 2 heterocycles. The van der Waals surface area contributed by atoms with Crippen molar-refractivity contribution < 1.29 is 9.84 Å². The van der Waals surface area contributed by atoms with E-state index in [1.165, 1.54) is 0 Å². The highest BCUT2D eigenvalue weighted by atomic mass is 16.5. The van der Waals surface area contributed by atoms with Crippen molar-refractivity contribution in [2.45, 2.75) is 38.7 Å². The van der Waals surface area contributed by atoms with Crippen molar-refractivity contribution >= 4 is 0 Å². The first kappa shape index (κ1) is 15.4. The van der Waals surface area contributed by atoms with E-state index in [2.05, 4.69) is 29.2 Å². The summed E-state index contributed by atoms with van der Waals surface area (Å²) in [6, 6.07) is 1.91. The molecule has 0 aliphatic carbocycles. The highest BCUT2D eigenvalue weighted by Gasteiger charge is 2.23. The number of morpholine rings is 1. The number of nitrogens with zero attached hydrogens (tertiary/aromatic N) is 3. The zero-order valence-electron chi connectivity index (χ0n) is 12.4. The molecule has 0 radical (unpaired) electrons. The van der Waals surface area contributed by atoms with Crippen LogP contribution in [-0.4, -0.2) is 70.8 Å². The number of ether oxygens (including phenoxy) is 1. The summed E-state index contributed by atoms with van der Waals surface area (Å²) in [5, 5.41) is 17.5. The zero-order valence-corrected chi connectivity index (χ0v) is 12.4. The molecule has 0 spiro atoms. The molecule has 3 unspecified atom stereocenters. The molecule has 1 aliphatic rings. The molecule has 0 saturated carbocycles. The van der Waals surface area contributed by atoms with Crippen LogP contribution >= 0.6 is 0 Å². The zero-order chi connectivity index (χ0) is 14.4. The van der Waals surface area contributed by atoms with Crippen molar-refractivity contribution in [1.29, 1.82) is 0 Å². The summed E-state index contributed by atoms with van der Waals surface area (Å²) in [4.78, 5) is 2.28. The number of hydrogen-bond donors (Lipinski definition) is 2. The minimum Gasteiger partial charge on any atom is -0.390 e. The van der Waals surface area contributed by atoms with Gasteiger partial charge in [-0.05, 0) is 19.9 Å². The third-order valence-electron chi connectivity index (χ3n) is 3.42. The minimum atomic E-state index is -0.342. The van der Waals surface area contributed by atoms with E-state index in [1.54, 1.807) is 6.20 Å². The highest BCUT2D eigenvalue weighted by molar-refractivity contribution is 4.78. The molecule has 1 fully saturated rings. The Hall–Kier alpha value is -0.950. The quantitative estimate of drug-likeness (QED) is 0.686. The van der Waals surface area contributed by atoms with E-state index in [1.807, 2.05) is 16.9 Å². The van der Waals surface area contributed by atoms with Gasteiger partial charge in [-0.3, -0.25) is 9.58 Å². The van der Waals surface area contributed by atoms with E-state index in [9.17, 15) is 5.11 Å². The van der Waals surface area contributed by atoms with Crippen LogP contribution in [0.4, 0.5) is 0 Å². The lowest BCUT2D eigenvalue weighted by Crippen LogP contribution is -2.49. The third kappa shape index (κ3) is 5.20. The van der Waals surface area contributed by atoms with Crippen molar-refractivity contribution in [3.63, 3.8) is 0 Å². The smallest absolute Gasteiger partial charge is 0.0791 e. The lowest BCUT2D eigenvalue weighted by Gasteiger charge is -2.36. The first-order valence-corrected chi connectivity index (χ1v) is 7.37. The summed E-state index contributed by atoms with van der Waals surface area (Å²) in [6.45, 7) is 8.91. The molecule has 2 rings (SSSR count). The third-order valence-corrected chi connectivity index (χ3v) is 3.42. The molecular weight excluding hydrogens is 256 g/mol. The topological polar surface area (TPSA) is 62.5 Å². The fourth-order valence-corrected chi connectivity index (χ4v) is 2.69. The van der Waals surface area contributed by atoms with Gasteiger partial charge < -0.3 is 15.2 Å². The van der Waals surface area contributed by atoms with Crippen LogP contribution in [0.15, 0.2) is 18.5 Å². The number of rotatable bonds is 7. The number of nitrogens with one attached hydrogen (secondary N) is 1. The minimum absolute atomic E-state index is 0.249. The van der Waals surface area contributed by atoms with Crippen molar-refractivity contribution in [3.05, 3.63) is 18.5 Å². The fourth-order valence-electron chi connectivity index (χ4n) is 2.69. The molecule has 1 aliphatic heterocycles. The Morgan fingerprint density at radius 1 is 1.40 bits per heavy atom. The summed E-state index contributed by atoms with van der Waals surface area (Å²) in [7, 11) is 0. The van der Waals surface area contributed by atoms with Gasteiger partial charge in [0.05, 0.1) is 24.9 Å². The standard InChI is InChI=1S/C14H26N4O2/c1-12-9-17(10-13(2)20-12)11-14(19)8-15-5-7-18-6-3-4-16-18/h3-4,6,12-15,19H,5,7-11H2,1-2H3. The van der Waals surface area contributed by atoms with Gasteiger partial charge in [0.1, 0.15) is 0 Å². The molecule has 1 aromatic rings. The van der Waals surface area contributed by atoms with Crippen molar-refractivity contribution in [3.8, 4) is 0 Å². The van der Waals surface area contributed by atoms with Gasteiger partial charge in [-0.25, -0.2) is 0 Å². The second-order valence-electron chi connectivity index (χ2n) is 5.60. The van der Waals surface area contributed by atoms with Crippen molar-refractivity contribution in [2.75, 3.05) is 32.7 Å². The highest BCUT2D eigenvalue weighted by Crippen LogP contribution is 2.10. The Balaban J connectivity index is 1.59. The van der Waals surface area contributed by atoms with Crippen molar-refractivity contribution in [2.24, 2.45) is 0 Å². The van der Waals surface area contributed by atoms with Crippen LogP contribution in [-0.2, 0) is 11.3 Å². The molecule has 0 aromatic carbocycles. The summed E-state index contributed by atoms with van der Waals surface area (Å²) in [5.74, 6) is 0. The van der Waals surface area contributed by atoms with E-state index in [4.69, 9.17) is 4.74 Å². The van der Waals surface area contributed by atoms with Gasteiger partial charge in [-0.2, -0.15) is 5.10 Å². The largest absolute Gasteiger partial charge is 0.390 e. The Kier molecular flexibility index (Phi) is 5.97. The number of hydrogen-bond acceptors (Lipinski definition) is 5. The number of aliphatic hydroxyl groups is 1. The average molecular weight is 282 g/mol. The molecule has 2 N–H and O–H groups in total. The second-order valence-corrected chi connectivity index (χ2v) is 5.60. The molecular formula is C14H26N4O2. The molecule has 1 saturated heterocycles. The van der Waals surface area contributed by atoms with Gasteiger partial charge in [-0.1, -0.05) is 0 Å². The summed E-state index contributed by atoms with van der Waals surface area (Å²) < 4.78 is 7.57. The van der Waals surface area contributed by atoms with Gasteiger partial charge in [0, 0.05) is 45.1 Å². The molecule has 6 nitrogen and oxygen atoms in total. The summed E-state index contributed by atoms with van der Waals surface area (Å²) >= 11 is 0. The SMILES string of the molecule is CC1CN(CC(O)CNCCn2cccn2)CC(C)O1. The fraction of sp³-hybridized carbons (Fsp3) is 0.786. The van der Waals surface area contributed by atoms with Crippen LogP contribution in [0, 0.1) is 0 Å². The van der Waals surface area contributed by atoms with Crippen LogP contribution in [0.3, 0.4) is 0 Å². The van der Waals surface area contributed by atoms with Crippen molar-refractivity contribution in [1.82, 2.24) is 20.0 Å². The van der Waals surface area contributed by atoms with Crippen LogP contribution in [0.1, 0.15) is 13.8 Å². The van der Waals surface area contributed by atoms with Gasteiger partial charge in [0.15, 0.2) is 0 Å². The molecule has 1 aromatic heterocycles. The maximum Gasteiger partial charge on any atom is 0.0791 e. The predicted molar refractivity (Wildman–Crippen MR) is 77.6 cm³/mol. The Bertz CT molecular complexity index is 361. The average Bonchev–Trinajstić information content (AvgIpc) is 2.86. The molecule has 3 atom stereocenters. The monoisotopic (exact) mass is 282 g/mol. The molecule has 0 amide bonds. The normalized spacial score (nSPS) is 25.8. The molecule has 114 valence electrons. The van der Waals surface area contributed by atoms with Gasteiger partial charge in [-0.15, -0.1) is 0 Å². The van der Waals surface area contributed by atoms with E-state index in [0.717, 1.165) is 26.2 Å². The van der Waals surface area contributed by atoms with Gasteiger partial charge in [0.25, 0.3) is 0 Å². The lowest BCUT2D eigenvalue weighted by atomic mass is 10.2. The molecule has 0 bridgehead atoms. The first-order chi connectivity index (χ1) is 9.63. The van der Waals surface area contributed by atoms with Crippen LogP contribution in [0.2, 0.25) is 0 Å². The van der Waals surface area contributed by atoms with Gasteiger partial charge in [0.2, 0.25) is 0 Å². The first-order valence-electron chi connectivity index (χ1n) is 7.37. The Morgan fingerprint density at radius 2 is 2.15 bits per heavy atom. The predicted octanol–water partition coefficient (Wildman–Crippen LogP) is -0.0572. The number of aliphatic hydroxyl groups excluding tert-OH is 1. The summed E-state index contributed by atoms with van der Waals surface area (Å²) in [6.07, 6.45) is 3.87. The maximum atomic E-state index is 10.1. The van der Waals surface area contributed by atoms with E-state index in [-0.39, 0.29) is 18.3 Å². The molecule has 6 heteroatoms. The van der Waals surface area contributed by atoms with Crippen LogP contribution in [0.5, 0.6) is 0 Å². The second kappa shape index (κ2) is 7.73. The van der Waals surface area contributed by atoms with E-state index >= 15 is 0 Å². The Labute approximate surface area is 120 Å². The van der Waals surface area contributed by atoms with Gasteiger partial charge >= 0.3 is 0 Å². The van der Waals surface area contributed by atoms with E-state index < -0.39 is 0 Å².